The summed E-state index contributed by atoms with van der Waals surface area (Å²) in [5.41, 5.74) is 11.2. The van der Waals surface area contributed by atoms with Crippen LogP contribution in [0.3, 0.4) is 0 Å². The van der Waals surface area contributed by atoms with Gasteiger partial charge < -0.3 is 18.3 Å². The van der Waals surface area contributed by atoms with Crippen molar-refractivity contribution in [2.24, 2.45) is 0 Å². The van der Waals surface area contributed by atoms with Gasteiger partial charge in [0.25, 0.3) is 6.71 Å². The second-order valence-electron chi connectivity index (χ2n) is 12.8. The summed E-state index contributed by atoms with van der Waals surface area (Å²) >= 11 is 0. The normalized spacial score (nSPS) is 12.8. The van der Waals surface area contributed by atoms with Gasteiger partial charge in [0.05, 0.1) is 11.6 Å². The molecular formula is C43H22BNO4. The van der Waals surface area contributed by atoms with Crippen molar-refractivity contribution in [2.75, 3.05) is 0 Å². The zero-order chi connectivity index (χ0) is 32.2. The molecule has 226 valence electrons. The van der Waals surface area contributed by atoms with Crippen molar-refractivity contribution < 1.29 is 18.3 Å². The van der Waals surface area contributed by atoms with E-state index >= 15 is 0 Å². The maximum atomic E-state index is 9.93. The Morgan fingerprint density at radius 2 is 0.878 bits per heavy atom. The van der Waals surface area contributed by atoms with Gasteiger partial charge in [0.1, 0.15) is 45.3 Å². The summed E-state index contributed by atoms with van der Waals surface area (Å²) < 4.78 is 25.3. The lowest BCUT2D eigenvalue weighted by Crippen LogP contribution is -2.57. The van der Waals surface area contributed by atoms with Crippen LogP contribution in [-0.4, -0.2) is 6.71 Å². The first-order chi connectivity index (χ1) is 24.2. The fourth-order valence-electron chi connectivity index (χ4n) is 7.73. The number of rotatable bonds is 2. The first-order valence-corrected chi connectivity index (χ1v) is 16.2. The van der Waals surface area contributed by atoms with Crippen LogP contribution in [-0.2, 0) is 0 Å². The minimum atomic E-state index is -0.117. The minimum absolute atomic E-state index is 0.117. The Labute approximate surface area is 280 Å². The lowest BCUT2D eigenvalue weighted by Gasteiger charge is -2.33. The number of hydrogen-bond donors (Lipinski definition) is 0. The predicted molar refractivity (Wildman–Crippen MR) is 194 cm³/mol. The molecule has 2 aliphatic heterocycles. The van der Waals surface area contributed by atoms with Gasteiger partial charge in [0.2, 0.25) is 0 Å². The molecule has 2 aromatic heterocycles. The standard InChI is InChI=1S/C43H22BNO4/c45-23-24-17-41-43-42(18-24)49-40-22-28(26-12-16-38-32(20-26)30-6-2-4-8-36(30)47-38)10-14-34(40)44(43)33-13-9-27(21-39(33)48-41)25-11-15-37-31(19-25)29-5-1-3-7-35(29)46-37/h1-22H. The van der Waals surface area contributed by atoms with Gasteiger partial charge in [-0.05, 0) is 93.8 Å². The smallest absolute Gasteiger partial charge is 0.260 e. The summed E-state index contributed by atoms with van der Waals surface area (Å²) in [4.78, 5) is 0. The molecular weight excluding hydrogens is 605 g/mol. The van der Waals surface area contributed by atoms with Crippen molar-refractivity contribution in [1.82, 2.24) is 0 Å². The monoisotopic (exact) mass is 627 g/mol. The topological polar surface area (TPSA) is 68.5 Å². The molecule has 0 unspecified atom stereocenters. The van der Waals surface area contributed by atoms with Gasteiger partial charge >= 0.3 is 0 Å². The number of hydrogen-bond acceptors (Lipinski definition) is 5. The van der Waals surface area contributed by atoms with Crippen LogP contribution in [0.4, 0.5) is 0 Å². The Hall–Kier alpha value is -6.71. The quantitative estimate of drug-likeness (QED) is 0.179. The molecule has 6 heteroatoms. The molecule has 7 aromatic carbocycles. The van der Waals surface area contributed by atoms with Gasteiger partial charge in [0.15, 0.2) is 0 Å². The highest BCUT2D eigenvalue weighted by molar-refractivity contribution is 6.98. The number of ether oxygens (including phenoxy) is 2. The SMILES string of the molecule is N#Cc1cc2c3c(c1)Oc1cc(-c4ccc5oc6ccccc6c5c4)ccc1B3c1ccc(-c3ccc4oc5ccccc5c4c3)cc1O2. The Morgan fingerprint density at radius 1 is 0.429 bits per heavy atom. The summed E-state index contributed by atoms with van der Waals surface area (Å²) in [7, 11) is 0. The van der Waals surface area contributed by atoms with Crippen molar-refractivity contribution >= 4 is 67.0 Å². The zero-order valence-electron chi connectivity index (χ0n) is 25.9. The second-order valence-corrected chi connectivity index (χ2v) is 12.8. The summed E-state index contributed by atoms with van der Waals surface area (Å²) in [5, 5.41) is 14.3. The van der Waals surface area contributed by atoms with E-state index in [1.165, 1.54) is 0 Å². The van der Waals surface area contributed by atoms with E-state index < -0.39 is 0 Å². The van der Waals surface area contributed by atoms with Crippen molar-refractivity contribution in [3.8, 4) is 51.3 Å². The molecule has 0 atom stereocenters. The Morgan fingerprint density at radius 3 is 1.39 bits per heavy atom. The largest absolute Gasteiger partial charge is 0.458 e. The van der Waals surface area contributed by atoms with Gasteiger partial charge in [-0.3, -0.25) is 0 Å². The van der Waals surface area contributed by atoms with E-state index in [0.29, 0.717) is 17.1 Å². The Balaban J connectivity index is 1.05. The lowest BCUT2D eigenvalue weighted by atomic mass is 9.34. The van der Waals surface area contributed by atoms with E-state index in [4.69, 9.17) is 18.3 Å². The Bertz CT molecular complexity index is 2740. The average Bonchev–Trinajstić information content (AvgIpc) is 3.71. The molecule has 0 spiro atoms. The van der Waals surface area contributed by atoms with Crippen molar-refractivity contribution in [3.63, 3.8) is 0 Å². The molecule has 0 saturated carbocycles. The molecule has 2 aliphatic rings. The van der Waals surface area contributed by atoms with Gasteiger partial charge in [0, 0.05) is 27.0 Å². The molecule has 4 heterocycles. The number of para-hydroxylation sites is 2. The minimum Gasteiger partial charge on any atom is -0.458 e. The van der Waals surface area contributed by atoms with Crippen molar-refractivity contribution in [3.05, 3.63) is 139 Å². The van der Waals surface area contributed by atoms with Crippen LogP contribution in [0, 0.1) is 11.3 Å². The molecule has 5 nitrogen and oxygen atoms in total. The molecule has 0 amide bonds. The maximum absolute atomic E-state index is 9.93. The van der Waals surface area contributed by atoms with Gasteiger partial charge in [-0.1, -0.05) is 72.8 Å². The first kappa shape index (κ1) is 26.4. The van der Waals surface area contributed by atoms with Crippen LogP contribution in [0.1, 0.15) is 5.56 Å². The molecule has 0 radical (unpaired) electrons. The fraction of sp³-hybridized carbons (Fsp3) is 0. The number of furan rings is 2. The van der Waals surface area contributed by atoms with E-state index in [0.717, 1.165) is 94.0 Å². The molecule has 9 aromatic rings. The van der Waals surface area contributed by atoms with Gasteiger partial charge in [-0.15, -0.1) is 0 Å². The van der Waals surface area contributed by atoms with Crippen LogP contribution in [0.25, 0.3) is 66.1 Å². The fourth-order valence-corrected chi connectivity index (χ4v) is 7.73. The predicted octanol–water partition coefficient (Wildman–Crippen LogP) is 9.42. The highest BCUT2D eigenvalue weighted by Crippen LogP contribution is 2.40. The van der Waals surface area contributed by atoms with Crippen LogP contribution in [0.5, 0.6) is 23.0 Å². The molecule has 0 aliphatic carbocycles. The summed E-state index contributed by atoms with van der Waals surface area (Å²) in [5.74, 6) is 2.82. The second kappa shape index (κ2) is 9.66. The summed E-state index contributed by atoms with van der Waals surface area (Å²) in [6, 6.07) is 47.6. The third-order valence-corrected chi connectivity index (χ3v) is 10.0. The Kier molecular flexibility index (Phi) is 5.20. The van der Waals surface area contributed by atoms with Crippen LogP contribution in [0.15, 0.2) is 142 Å². The van der Waals surface area contributed by atoms with Crippen molar-refractivity contribution in [2.45, 2.75) is 0 Å². The third-order valence-electron chi connectivity index (χ3n) is 10.0. The lowest BCUT2D eigenvalue weighted by molar-refractivity contribution is 0.464. The van der Waals surface area contributed by atoms with Gasteiger partial charge in [-0.25, -0.2) is 0 Å². The van der Waals surface area contributed by atoms with E-state index in [1.807, 2.05) is 60.7 Å². The number of nitriles is 1. The highest BCUT2D eigenvalue weighted by Gasteiger charge is 2.40. The number of fused-ring (bicyclic) bond motifs is 10. The molecule has 0 bridgehead atoms. The first-order valence-electron chi connectivity index (χ1n) is 16.2. The summed E-state index contributed by atoms with van der Waals surface area (Å²) in [6.45, 7) is -0.117. The number of nitrogens with zero attached hydrogens (tertiary/aromatic N) is 1. The third kappa shape index (κ3) is 3.81. The molecule has 0 fully saturated rings. The van der Waals surface area contributed by atoms with E-state index in [-0.39, 0.29) is 6.71 Å². The van der Waals surface area contributed by atoms with Gasteiger partial charge in [-0.2, -0.15) is 5.26 Å². The van der Waals surface area contributed by atoms with Crippen molar-refractivity contribution in [1.29, 1.82) is 5.26 Å². The summed E-state index contributed by atoms with van der Waals surface area (Å²) in [6.07, 6.45) is 0. The van der Waals surface area contributed by atoms with E-state index in [1.54, 1.807) is 0 Å². The van der Waals surface area contributed by atoms with E-state index in [2.05, 4.69) is 78.9 Å². The van der Waals surface area contributed by atoms with Crippen LogP contribution in [0.2, 0.25) is 0 Å². The molecule has 0 N–H and O–H groups in total. The zero-order valence-corrected chi connectivity index (χ0v) is 25.9. The highest BCUT2D eigenvalue weighted by atomic mass is 16.5. The average molecular weight is 627 g/mol. The van der Waals surface area contributed by atoms with Crippen LogP contribution >= 0.6 is 0 Å². The number of benzene rings is 7. The van der Waals surface area contributed by atoms with Crippen LogP contribution < -0.4 is 25.9 Å². The molecule has 0 saturated heterocycles. The van der Waals surface area contributed by atoms with E-state index in [9.17, 15) is 5.26 Å². The molecule has 49 heavy (non-hydrogen) atoms. The molecule has 11 rings (SSSR count). The maximum Gasteiger partial charge on any atom is 0.260 e.